The molecule has 2 aromatic heterocycles. The second kappa shape index (κ2) is 28.8. The second-order valence-electron chi connectivity index (χ2n) is 29.0. The fraction of sp³-hybridized carbons (Fsp3) is 0.597. The number of amides is 5. The molecule has 0 radical (unpaired) electrons. The monoisotopic (exact) mass is 1330 g/mol. The van der Waals surface area contributed by atoms with Crippen molar-refractivity contribution in [2.24, 2.45) is 11.3 Å². The number of piperidine rings is 1. The highest BCUT2D eigenvalue weighted by molar-refractivity contribution is 6.90. The summed E-state index contributed by atoms with van der Waals surface area (Å²) in [6.45, 7) is 26.4. The molecule has 512 valence electrons. The molecule has 1 spiro atoms. The number of pyridine rings is 1. The second-order valence-corrected chi connectivity index (χ2v) is 34.6. The van der Waals surface area contributed by atoms with Gasteiger partial charge in [0.15, 0.2) is 12.6 Å². The third-order valence-corrected chi connectivity index (χ3v) is 27.5. The lowest BCUT2D eigenvalue weighted by molar-refractivity contribution is -0.120. The zero-order valence-corrected chi connectivity index (χ0v) is 58.6. The van der Waals surface area contributed by atoms with E-state index in [9.17, 15) is 19.2 Å². The first kappa shape index (κ1) is 69.1. The van der Waals surface area contributed by atoms with Crippen LogP contribution in [0.4, 0.5) is 29.9 Å². The summed E-state index contributed by atoms with van der Waals surface area (Å²) in [5.74, 6) is 3.55. The van der Waals surface area contributed by atoms with E-state index in [2.05, 4.69) is 73.0 Å². The highest BCUT2D eigenvalue weighted by Gasteiger charge is 2.46. The molecule has 1 N–H and O–H groups in total. The summed E-state index contributed by atoms with van der Waals surface area (Å²) in [6.07, 6.45) is 9.07. The highest BCUT2D eigenvalue weighted by atomic mass is 28.3. The zero-order valence-electron chi connectivity index (χ0n) is 57.6. The molecule has 95 heavy (non-hydrogen) atoms. The van der Waals surface area contributed by atoms with Crippen LogP contribution >= 0.6 is 0 Å². The number of anilines is 2. The third-order valence-electron chi connectivity index (χ3n) is 21.2. The molecular weight excluding hydrogens is 1230 g/mol. The van der Waals surface area contributed by atoms with Crippen molar-refractivity contribution < 1.29 is 56.4 Å². The van der Waals surface area contributed by atoms with E-state index in [0.29, 0.717) is 83.4 Å². The Morgan fingerprint density at radius 1 is 0.811 bits per heavy atom. The number of fused-ring (bicyclic) bond motifs is 4. The van der Waals surface area contributed by atoms with Crippen LogP contribution in [0.25, 0.3) is 32.9 Å². The molecule has 3 unspecified atom stereocenters. The van der Waals surface area contributed by atoms with Crippen molar-refractivity contribution in [1.82, 2.24) is 39.9 Å². The van der Waals surface area contributed by atoms with E-state index in [1.807, 2.05) is 30.6 Å². The maximum absolute atomic E-state index is 18.3. The van der Waals surface area contributed by atoms with Gasteiger partial charge in [-0.25, -0.2) is 18.4 Å². The van der Waals surface area contributed by atoms with E-state index in [-0.39, 0.29) is 113 Å². The fourth-order valence-electron chi connectivity index (χ4n) is 16.1. The number of methoxy groups -OCH3 is 3. The predicted octanol–water partition coefficient (Wildman–Crippen LogP) is 11.8. The molecule has 5 saturated heterocycles. The fourth-order valence-corrected chi connectivity index (χ4v) is 21.3. The topological polar surface area (TPSA) is 194 Å². The van der Waals surface area contributed by atoms with E-state index in [4.69, 9.17) is 43.4 Å². The summed E-state index contributed by atoms with van der Waals surface area (Å²) in [4.78, 5) is 79.2. The largest absolute Gasteiger partial charge is 0.495 e. The number of ether oxygens (including phenoxy) is 6. The molecule has 5 aliphatic heterocycles. The van der Waals surface area contributed by atoms with E-state index in [1.165, 1.54) is 25.2 Å². The number of aromatic nitrogens is 3. The Labute approximate surface area is 559 Å². The Kier molecular flexibility index (Phi) is 21.0. The number of likely N-dealkylation sites (tertiary alicyclic amines) is 1. The van der Waals surface area contributed by atoms with Crippen LogP contribution in [-0.2, 0) is 19.0 Å². The Morgan fingerprint density at radius 3 is 2.13 bits per heavy atom. The highest BCUT2D eigenvalue weighted by Crippen LogP contribution is 2.48. The van der Waals surface area contributed by atoms with Crippen molar-refractivity contribution in [3.63, 3.8) is 0 Å². The molecule has 23 heteroatoms. The summed E-state index contributed by atoms with van der Waals surface area (Å²) >= 11 is 0. The number of piperazine rings is 2. The lowest BCUT2D eigenvalue weighted by Gasteiger charge is -2.47. The molecule has 5 aromatic rings. The molecule has 6 fully saturated rings. The number of benzene rings is 3. The first-order valence-electron chi connectivity index (χ1n) is 34.1. The van der Waals surface area contributed by atoms with Crippen molar-refractivity contribution in [2.75, 3.05) is 117 Å². The predicted molar refractivity (Wildman–Crippen MR) is 365 cm³/mol. The standard InChI is InChI=1S/C72H96F2N10O10Si/c1-45(2)95(46(3)4,47(5)6)34-22-55-58(73)17-13-49-35-53(93-44-89-10)37-56(62(49)55)64-63(74)65-57(38-75-64)66(82-40-51-15-16-52(41-82)84(51)70(88)94-71(7,8)9)78-68(77-65)92-43-54(90-11)42-80-32-30-79(31-33-80)39-48-19-23-72(24-20-48)25-28-81(29-26-72)67(86)50-14-18-60(91-12)59(36-50)83-27-21-61(85)76-69(83)87/h13-14,17-18,35-38,45-48,51-52,54H,15-16,19-21,23-33,39-44H2,1-12H3,(H,76,85,87). The van der Waals surface area contributed by atoms with Crippen LogP contribution in [0.15, 0.2) is 48.7 Å². The molecule has 7 heterocycles. The Balaban J connectivity index is 0.778. The zero-order chi connectivity index (χ0) is 67.7. The minimum Gasteiger partial charge on any atom is -0.495 e. The van der Waals surface area contributed by atoms with E-state index < -0.39 is 31.3 Å². The van der Waals surface area contributed by atoms with Crippen LogP contribution in [0, 0.1) is 34.4 Å². The molecule has 3 aromatic carbocycles. The van der Waals surface area contributed by atoms with Crippen LogP contribution in [0.1, 0.15) is 136 Å². The van der Waals surface area contributed by atoms with Gasteiger partial charge in [0, 0.05) is 115 Å². The van der Waals surface area contributed by atoms with E-state index in [0.717, 1.165) is 84.1 Å². The van der Waals surface area contributed by atoms with Crippen molar-refractivity contribution in [3.8, 4) is 40.2 Å². The minimum absolute atomic E-state index is 0.0348. The smallest absolute Gasteiger partial charge is 0.410 e. The van der Waals surface area contributed by atoms with Crippen molar-refractivity contribution in [3.05, 3.63) is 71.4 Å². The summed E-state index contributed by atoms with van der Waals surface area (Å²) in [6, 6.07) is 10.7. The van der Waals surface area contributed by atoms with Gasteiger partial charge >= 0.3 is 18.1 Å². The molecule has 20 nitrogen and oxygen atoms in total. The van der Waals surface area contributed by atoms with Gasteiger partial charge in [0.2, 0.25) is 5.91 Å². The number of hydrogen-bond acceptors (Lipinski definition) is 16. The van der Waals surface area contributed by atoms with Crippen LogP contribution in [0.5, 0.6) is 17.5 Å². The SMILES string of the molecule is COCOc1cc(-c2ncc3c(N4CC5CCC(C4)N5C(=O)OC(C)(C)C)nc(OCC(CN4CCN(CC5CCC6(CC5)CCN(C(=O)c5ccc(OC)c(N7CCC(=O)NC7=O)c5)CC6)CC4)OC)nc3c2F)c2c(C#C[Si](C(C)C)(C(C)C)C(C)C)c(F)ccc2c1. The molecule has 2 bridgehead atoms. The maximum Gasteiger partial charge on any atom is 0.410 e. The Bertz CT molecular complexity index is 3680. The summed E-state index contributed by atoms with van der Waals surface area (Å²) in [5.41, 5.74) is 5.40. The summed E-state index contributed by atoms with van der Waals surface area (Å²) < 4.78 is 70.3. The first-order chi connectivity index (χ1) is 45.4. The number of rotatable bonds is 19. The van der Waals surface area contributed by atoms with Crippen LogP contribution < -0.4 is 29.3 Å². The Hall–Kier alpha value is -7.23. The lowest BCUT2D eigenvalue weighted by Crippen LogP contribution is -2.57. The van der Waals surface area contributed by atoms with Gasteiger partial charge in [0.1, 0.15) is 60.7 Å². The van der Waals surface area contributed by atoms with Crippen LogP contribution in [-0.4, -0.2) is 197 Å². The van der Waals surface area contributed by atoms with Gasteiger partial charge in [-0.1, -0.05) is 53.5 Å². The molecule has 5 amide bonds. The van der Waals surface area contributed by atoms with Gasteiger partial charge in [0.05, 0.1) is 35.8 Å². The average molecular weight is 1330 g/mol. The number of imide groups is 1. The molecule has 6 aliphatic rings. The van der Waals surface area contributed by atoms with E-state index in [1.54, 1.807) is 49.7 Å². The number of nitrogens with one attached hydrogen (secondary N) is 1. The number of halogens is 2. The third kappa shape index (κ3) is 14.7. The van der Waals surface area contributed by atoms with Gasteiger partial charge in [-0.2, -0.15) is 9.97 Å². The Morgan fingerprint density at radius 2 is 1.49 bits per heavy atom. The number of carbonyl (C=O) groups excluding carboxylic acids is 4. The van der Waals surface area contributed by atoms with Crippen molar-refractivity contribution >= 4 is 65.2 Å². The molecule has 3 atom stereocenters. The van der Waals surface area contributed by atoms with Gasteiger partial charge in [0.25, 0.3) is 5.91 Å². The number of hydrogen-bond donors (Lipinski definition) is 1. The molecule has 1 aliphatic carbocycles. The van der Waals surface area contributed by atoms with Crippen LogP contribution in [0.3, 0.4) is 0 Å². The number of urea groups is 1. The average Bonchev–Trinajstić information content (AvgIpc) is 1.52. The number of nitrogens with zero attached hydrogens (tertiary/aromatic N) is 9. The van der Waals surface area contributed by atoms with Crippen LogP contribution in [0.2, 0.25) is 16.6 Å². The molecule has 1 saturated carbocycles. The number of carbonyl (C=O) groups is 4. The molecular formula is C72H96F2N10O10Si. The van der Waals surface area contributed by atoms with Gasteiger partial charge in [-0.05, 0) is 142 Å². The van der Waals surface area contributed by atoms with Crippen molar-refractivity contribution in [1.29, 1.82) is 0 Å². The summed E-state index contributed by atoms with van der Waals surface area (Å²) in [7, 11) is 2.33. The normalized spacial score (nSPS) is 20.3. The van der Waals surface area contributed by atoms with Gasteiger partial charge in [-0.15, -0.1) is 5.54 Å². The quantitative estimate of drug-likeness (QED) is 0.0466. The summed E-state index contributed by atoms with van der Waals surface area (Å²) in [5, 5.41) is 3.70. The van der Waals surface area contributed by atoms with Crippen molar-refractivity contribution in [2.45, 2.75) is 161 Å². The minimum atomic E-state index is -2.37. The maximum atomic E-state index is 18.3. The molecule has 11 rings (SSSR count). The van der Waals surface area contributed by atoms with Gasteiger partial charge in [-0.3, -0.25) is 34.6 Å². The van der Waals surface area contributed by atoms with Gasteiger partial charge < -0.3 is 43.1 Å². The lowest BCUT2D eigenvalue weighted by atomic mass is 9.65. The van der Waals surface area contributed by atoms with E-state index >= 15 is 8.78 Å². The first-order valence-corrected chi connectivity index (χ1v) is 36.4.